The monoisotopic (exact) mass is 350 g/mol. The molecule has 0 saturated carbocycles. The van der Waals surface area contributed by atoms with Crippen molar-refractivity contribution in [1.82, 2.24) is 9.47 Å². The van der Waals surface area contributed by atoms with Gasteiger partial charge in [-0.3, -0.25) is 4.79 Å². The van der Waals surface area contributed by atoms with Gasteiger partial charge in [-0.15, -0.1) is 0 Å². The maximum Gasteiger partial charge on any atom is 0.340 e. The lowest BCUT2D eigenvalue weighted by Crippen LogP contribution is -2.34. The first-order valence-corrected chi connectivity index (χ1v) is 8.63. The summed E-state index contributed by atoms with van der Waals surface area (Å²) in [6.07, 6.45) is 1.74. The number of rotatable bonds is 6. The first-order chi connectivity index (χ1) is 12.6. The molecule has 0 bridgehead atoms. The van der Waals surface area contributed by atoms with Crippen LogP contribution in [0.3, 0.4) is 0 Å². The van der Waals surface area contributed by atoms with Gasteiger partial charge < -0.3 is 14.2 Å². The van der Waals surface area contributed by atoms with Crippen molar-refractivity contribution in [2.24, 2.45) is 7.05 Å². The molecule has 0 atom stereocenters. The smallest absolute Gasteiger partial charge is 0.340 e. The lowest BCUT2D eigenvalue weighted by atomic mass is 10.2. The fourth-order valence-corrected chi connectivity index (χ4v) is 2.98. The fraction of sp³-hybridized carbons (Fsp3) is 0.238. The Balaban J connectivity index is 1.65. The Bertz CT molecular complexity index is 915. The van der Waals surface area contributed by atoms with Crippen molar-refractivity contribution in [1.29, 1.82) is 0 Å². The molecule has 134 valence electrons. The summed E-state index contributed by atoms with van der Waals surface area (Å²) in [7, 11) is 1.88. The van der Waals surface area contributed by atoms with Gasteiger partial charge in [0.2, 0.25) is 0 Å². The number of para-hydroxylation sites is 1. The average molecular weight is 350 g/mol. The van der Waals surface area contributed by atoms with Crippen LogP contribution in [0.4, 0.5) is 0 Å². The molecule has 0 radical (unpaired) electrons. The Hall–Kier alpha value is -3.08. The van der Waals surface area contributed by atoms with E-state index in [1.807, 2.05) is 73.1 Å². The van der Waals surface area contributed by atoms with Crippen LogP contribution in [-0.4, -0.2) is 34.5 Å². The van der Waals surface area contributed by atoms with Gasteiger partial charge in [0.05, 0.1) is 5.56 Å². The number of benzene rings is 2. The van der Waals surface area contributed by atoms with Crippen LogP contribution in [0.15, 0.2) is 60.8 Å². The zero-order valence-corrected chi connectivity index (χ0v) is 15.0. The highest BCUT2D eigenvalue weighted by atomic mass is 16.5. The quantitative estimate of drug-likeness (QED) is 0.641. The lowest BCUT2D eigenvalue weighted by molar-refractivity contribution is -0.134. The van der Waals surface area contributed by atoms with E-state index in [0.29, 0.717) is 18.7 Å². The number of hydrogen-bond acceptors (Lipinski definition) is 3. The summed E-state index contributed by atoms with van der Waals surface area (Å²) in [5.74, 6) is -0.684. The fourth-order valence-electron chi connectivity index (χ4n) is 2.98. The van der Waals surface area contributed by atoms with Gasteiger partial charge in [-0.25, -0.2) is 4.79 Å². The SMILES string of the molecule is CCN(Cc1ccccc1)C(=O)COC(=O)c1cn(C)c2ccccc12. The van der Waals surface area contributed by atoms with Gasteiger partial charge >= 0.3 is 5.97 Å². The maximum atomic E-state index is 12.4. The molecule has 3 aromatic rings. The number of likely N-dealkylation sites (N-methyl/N-ethyl adjacent to an activating group) is 1. The van der Waals surface area contributed by atoms with E-state index in [2.05, 4.69) is 0 Å². The van der Waals surface area contributed by atoms with Crippen molar-refractivity contribution in [2.45, 2.75) is 13.5 Å². The van der Waals surface area contributed by atoms with Crippen molar-refractivity contribution < 1.29 is 14.3 Å². The van der Waals surface area contributed by atoms with Crippen molar-refractivity contribution in [3.8, 4) is 0 Å². The number of aryl methyl sites for hydroxylation is 1. The number of esters is 1. The molecule has 0 aliphatic rings. The van der Waals surface area contributed by atoms with Gasteiger partial charge in [-0.2, -0.15) is 0 Å². The van der Waals surface area contributed by atoms with E-state index >= 15 is 0 Å². The summed E-state index contributed by atoms with van der Waals surface area (Å²) in [5, 5.41) is 0.823. The molecular weight excluding hydrogens is 328 g/mol. The molecule has 0 spiro atoms. The molecule has 0 N–H and O–H groups in total. The largest absolute Gasteiger partial charge is 0.452 e. The Labute approximate surface area is 152 Å². The number of carbonyl (C=O) groups is 2. The molecule has 5 nitrogen and oxygen atoms in total. The van der Waals surface area contributed by atoms with Crippen LogP contribution in [-0.2, 0) is 23.1 Å². The highest BCUT2D eigenvalue weighted by Crippen LogP contribution is 2.21. The highest BCUT2D eigenvalue weighted by molar-refractivity contribution is 6.04. The van der Waals surface area contributed by atoms with E-state index in [9.17, 15) is 9.59 Å². The second-order valence-corrected chi connectivity index (χ2v) is 6.14. The Kier molecular flexibility index (Phi) is 5.37. The van der Waals surface area contributed by atoms with Gasteiger partial charge in [-0.05, 0) is 18.6 Å². The molecule has 3 rings (SSSR count). The number of amides is 1. The highest BCUT2D eigenvalue weighted by Gasteiger charge is 2.18. The molecule has 0 fully saturated rings. The first-order valence-electron chi connectivity index (χ1n) is 8.63. The third-order valence-corrected chi connectivity index (χ3v) is 4.39. The van der Waals surface area contributed by atoms with Crippen molar-refractivity contribution >= 4 is 22.8 Å². The topological polar surface area (TPSA) is 51.5 Å². The van der Waals surface area contributed by atoms with Crippen LogP contribution < -0.4 is 0 Å². The average Bonchev–Trinajstić information content (AvgIpc) is 3.02. The van der Waals surface area contributed by atoms with Crippen LogP contribution in [0, 0.1) is 0 Å². The van der Waals surface area contributed by atoms with Crippen LogP contribution in [0.5, 0.6) is 0 Å². The minimum Gasteiger partial charge on any atom is -0.452 e. The van der Waals surface area contributed by atoms with Gasteiger partial charge in [0.1, 0.15) is 0 Å². The zero-order valence-electron chi connectivity index (χ0n) is 15.0. The molecule has 0 saturated heterocycles. The normalized spacial score (nSPS) is 10.7. The van der Waals surface area contributed by atoms with Crippen molar-refractivity contribution in [3.63, 3.8) is 0 Å². The molecule has 1 amide bonds. The molecule has 1 heterocycles. The second-order valence-electron chi connectivity index (χ2n) is 6.14. The lowest BCUT2D eigenvalue weighted by Gasteiger charge is -2.20. The van der Waals surface area contributed by atoms with Gasteiger partial charge in [-0.1, -0.05) is 48.5 Å². The summed E-state index contributed by atoms with van der Waals surface area (Å²) in [5.41, 5.74) is 2.47. The van der Waals surface area contributed by atoms with E-state index in [4.69, 9.17) is 4.74 Å². The molecular formula is C21H22N2O3. The standard InChI is InChI=1S/C21H22N2O3/c1-3-23(13-16-9-5-4-6-10-16)20(24)15-26-21(25)18-14-22(2)19-12-8-7-11-17(18)19/h4-12,14H,3,13,15H2,1-2H3. The first kappa shape index (κ1) is 17.7. The van der Waals surface area contributed by atoms with Gasteiger partial charge in [0.15, 0.2) is 6.61 Å². The summed E-state index contributed by atoms with van der Waals surface area (Å²) in [6, 6.07) is 17.4. The van der Waals surface area contributed by atoms with Gasteiger partial charge in [0, 0.05) is 37.2 Å². The summed E-state index contributed by atoms with van der Waals surface area (Å²) in [4.78, 5) is 26.5. The van der Waals surface area contributed by atoms with Crippen LogP contribution in [0.25, 0.3) is 10.9 Å². The molecule has 0 aliphatic heterocycles. The molecule has 0 unspecified atom stereocenters. The molecule has 26 heavy (non-hydrogen) atoms. The van der Waals surface area contributed by atoms with E-state index in [1.54, 1.807) is 11.1 Å². The predicted octanol–water partition coefficient (Wildman–Crippen LogP) is 3.38. The molecule has 1 aromatic heterocycles. The number of nitrogens with zero attached hydrogens (tertiary/aromatic N) is 2. The summed E-state index contributed by atoms with van der Waals surface area (Å²) in [6.45, 7) is 2.71. The van der Waals surface area contributed by atoms with E-state index in [-0.39, 0.29) is 12.5 Å². The summed E-state index contributed by atoms with van der Waals surface area (Å²) >= 11 is 0. The van der Waals surface area contributed by atoms with E-state index in [0.717, 1.165) is 16.5 Å². The summed E-state index contributed by atoms with van der Waals surface area (Å²) < 4.78 is 7.16. The number of fused-ring (bicyclic) bond motifs is 1. The number of carbonyl (C=O) groups excluding carboxylic acids is 2. The Morgan fingerprint density at radius 2 is 1.73 bits per heavy atom. The third kappa shape index (κ3) is 3.77. The van der Waals surface area contributed by atoms with Crippen molar-refractivity contribution in [3.05, 3.63) is 71.9 Å². The molecule has 5 heteroatoms. The van der Waals surface area contributed by atoms with Gasteiger partial charge in [0.25, 0.3) is 5.91 Å². The number of ether oxygens (including phenoxy) is 1. The Morgan fingerprint density at radius 1 is 1.04 bits per heavy atom. The number of hydrogen-bond donors (Lipinski definition) is 0. The minimum atomic E-state index is -0.481. The Morgan fingerprint density at radius 3 is 2.46 bits per heavy atom. The minimum absolute atomic E-state index is 0.204. The van der Waals surface area contributed by atoms with E-state index < -0.39 is 5.97 Å². The maximum absolute atomic E-state index is 12.4. The number of aromatic nitrogens is 1. The zero-order chi connectivity index (χ0) is 18.5. The van der Waals surface area contributed by atoms with Crippen LogP contribution >= 0.6 is 0 Å². The third-order valence-electron chi connectivity index (χ3n) is 4.39. The van der Waals surface area contributed by atoms with Crippen molar-refractivity contribution in [2.75, 3.05) is 13.2 Å². The van der Waals surface area contributed by atoms with E-state index in [1.165, 1.54) is 0 Å². The van der Waals surface area contributed by atoms with Crippen LogP contribution in [0.2, 0.25) is 0 Å². The van der Waals surface area contributed by atoms with Crippen LogP contribution in [0.1, 0.15) is 22.8 Å². The molecule has 0 aliphatic carbocycles. The molecule has 2 aromatic carbocycles. The second kappa shape index (κ2) is 7.87. The predicted molar refractivity (Wildman–Crippen MR) is 101 cm³/mol.